The van der Waals surface area contributed by atoms with E-state index in [1.807, 2.05) is 36.4 Å². The van der Waals surface area contributed by atoms with Gasteiger partial charge in [0, 0.05) is 13.1 Å². The molecule has 0 saturated carbocycles. The number of nitrogens with two attached hydrogens (primary N) is 2. The van der Waals surface area contributed by atoms with E-state index in [2.05, 4.69) is 44.8 Å². The molecule has 3 aromatic rings. The molecule has 7 N–H and O–H groups in total. The van der Waals surface area contributed by atoms with Crippen molar-refractivity contribution in [2.45, 2.75) is 50.2 Å². The second-order valence-electron chi connectivity index (χ2n) is 10.4. The topological polar surface area (TPSA) is 146 Å². The number of benzene rings is 3. The summed E-state index contributed by atoms with van der Waals surface area (Å²) in [7, 11) is 0. The van der Waals surface area contributed by atoms with Gasteiger partial charge < -0.3 is 27.2 Å². The fourth-order valence-electron chi connectivity index (χ4n) is 5.33. The molecule has 2 amide bonds. The van der Waals surface area contributed by atoms with Gasteiger partial charge in [-0.05, 0) is 73.5 Å². The van der Waals surface area contributed by atoms with E-state index in [1.165, 1.54) is 5.56 Å². The normalized spacial score (nSPS) is 15.4. The van der Waals surface area contributed by atoms with Crippen LogP contribution in [0.2, 0.25) is 0 Å². The summed E-state index contributed by atoms with van der Waals surface area (Å²) in [5.74, 6) is 0.114. The lowest BCUT2D eigenvalue weighted by Gasteiger charge is -2.37. The van der Waals surface area contributed by atoms with Crippen LogP contribution in [0.5, 0.6) is 5.75 Å². The van der Waals surface area contributed by atoms with Gasteiger partial charge in [-0.25, -0.2) is 0 Å². The first-order chi connectivity index (χ1) is 19.9. The third-order valence-electron chi connectivity index (χ3n) is 7.51. The molecular weight excluding hydrogens is 516 g/mol. The zero-order valence-corrected chi connectivity index (χ0v) is 23.3. The third-order valence-corrected chi connectivity index (χ3v) is 7.51. The molecule has 0 spiro atoms. The molecule has 0 bridgehead atoms. The number of amides is 2. The number of aliphatic imine (C=N–C) groups is 1. The number of guanidine groups is 1. The number of carbonyl (C=O) groups excluding carboxylic acids is 2. The van der Waals surface area contributed by atoms with E-state index in [4.69, 9.17) is 11.5 Å². The number of phenolic OH excluding ortho intramolecular Hbond substituents is 1. The molecule has 9 nitrogen and oxygen atoms in total. The molecule has 1 unspecified atom stereocenters. The Hall–Kier alpha value is -4.37. The number of aromatic hydroxyl groups is 1. The van der Waals surface area contributed by atoms with Crippen molar-refractivity contribution in [3.8, 4) is 5.75 Å². The molecule has 4 rings (SSSR count). The monoisotopic (exact) mass is 556 g/mol. The molecular formula is C32H40N6O3. The number of hydrogen-bond donors (Lipinski definition) is 5. The van der Waals surface area contributed by atoms with Gasteiger partial charge in [-0.2, -0.15) is 0 Å². The van der Waals surface area contributed by atoms with Crippen LogP contribution in [-0.4, -0.2) is 53.5 Å². The highest BCUT2D eigenvalue weighted by Crippen LogP contribution is 2.32. The summed E-state index contributed by atoms with van der Waals surface area (Å²) in [6.07, 6.45) is 2.81. The van der Waals surface area contributed by atoms with Crippen LogP contribution >= 0.6 is 0 Å². The largest absolute Gasteiger partial charge is 0.508 e. The van der Waals surface area contributed by atoms with E-state index in [0.29, 0.717) is 25.3 Å². The Morgan fingerprint density at radius 1 is 0.902 bits per heavy atom. The van der Waals surface area contributed by atoms with Gasteiger partial charge in [0.05, 0.1) is 0 Å². The van der Waals surface area contributed by atoms with Crippen LogP contribution in [0.15, 0.2) is 89.9 Å². The minimum absolute atomic E-state index is 0.00888. The number of likely N-dealkylation sites (tertiary alicyclic amines) is 1. The predicted octanol–water partition coefficient (Wildman–Crippen LogP) is 3.17. The van der Waals surface area contributed by atoms with Gasteiger partial charge in [-0.3, -0.25) is 19.5 Å². The van der Waals surface area contributed by atoms with Crippen molar-refractivity contribution in [3.63, 3.8) is 0 Å². The molecule has 3 aromatic carbocycles. The van der Waals surface area contributed by atoms with Crippen molar-refractivity contribution in [3.05, 3.63) is 102 Å². The van der Waals surface area contributed by atoms with Crippen molar-refractivity contribution in [1.29, 1.82) is 0 Å². The van der Waals surface area contributed by atoms with Crippen molar-refractivity contribution in [2.75, 3.05) is 19.6 Å². The van der Waals surface area contributed by atoms with E-state index in [9.17, 15) is 14.7 Å². The second kappa shape index (κ2) is 14.9. The smallest absolute Gasteiger partial charge is 0.242 e. The van der Waals surface area contributed by atoms with Crippen molar-refractivity contribution >= 4 is 17.8 Å². The van der Waals surface area contributed by atoms with E-state index < -0.39 is 12.1 Å². The summed E-state index contributed by atoms with van der Waals surface area (Å²) in [6, 6.07) is 25.6. The van der Waals surface area contributed by atoms with Crippen LogP contribution in [0.25, 0.3) is 0 Å². The quantitative estimate of drug-likeness (QED) is 0.132. The Kier molecular flexibility index (Phi) is 10.7. The molecule has 1 saturated heterocycles. The minimum atomic E-state index is -0.762. The Morgan fingerprint density at radius 3 is 2.17 bits per heavy atom. The van der Waals surface area contributed by atoms with Crippen LogP contribution in [0.4, 0.5) is 0 Å². The molecule has 1 aliphatic rings. The third kappa shape index (κ3) is 8.81. The van der Waals surface area contributed by atoms with Crippen molar-refractivity contribution < 1.29 is 14.7 Å². The van der Waals surface area contributed by atoms with E-state index in [1.54, 1.807) is 24.3 Å². The van der Waals surface area contributed by atoms with Crippen molar-refractivity contribution in [1.82, 2.24) is 15.5 Å². The number of carbonyl (C=O) groups is 2. The fourth-order valence-corrected chi connectivity index (χ4v) is 5.33. The molecule has 0 aliphatic carbocycles. The first-order valence-electron chi connectivity index (χ1n) is 14.2. The SMILES string of the molecule is NC(N)=NCCC[C@@H](NC(=O)C(c1ccccc1)N1CCC(c2ccccc2)CC1)C(=O)NCc1ccc(O)cc1. The highest BCUT2D eigenvalue weighted by Gasteiger charge is 2.33. The molecule has 216 valence electrons. The summed E-state index contributed by atoms with van der Waals surface area (Å²) in [5.41, 5.74) is 14.0. The molecule has 0 radical (unpaired) electrons. The number of piperidine rings is 1. The number of rotatable bonds is 12. The molecule has 0 aromatic heterocycles. The zero-order valence-electron chi connectivity index (χ0n) is 23.3. The first-order valence-corrected chi connectivity index (χ1v) is 14.2. The van der Waals surface area contributed by atoms with Crippen molar-refractivity contribution in [2.24, 2.45) is 16.5 Å². The molecule has 9 heteroatoms. The molecule has 2 atom stereocenters. The summed E-state index contributed by atoms with van der Waals surface area (Å²) >= 11 is 0. The Morgan fingerprint density at radius 2 is 1.54 bits per heavy atom. The standard InChI is InChI=1S/C32H40N6O3/c33-32(34)35-19-7-12-28(30(40)36-22-23-13-15-27(39)16-14-23)37-31(41)29(26-10-5-2-6-11-26)38-20-17-25(18-21-38)24-8-3-1-4-9-24/h1-6,8-11,13-16,25,28-29,39H,7,12,17-22H2,(H,36,40)(H,37,41)(H4,33,34,35)/t28-,29?/m1/s1. The summed E-state index contributed by atoms with van der Waals surface area (Å²) in [5, 5.41) is 15.5. The fraction of sp³-hybridized carbons (Fsp3) is 0.344. The van der Waals surface area contributed by atoms with Gasteiger partial charge in [0.25, 0.3) is 0 Å². The predicted molar refractivity (Wildman–Crippen MR) is 161 cm³/mol. The van der Waals surface area contributed by atoms with Crippen LogP contribution in [0.1, 0.15) is 54.3 Å². The maximum atomic E-state index is 13.9. The number of phenols is 1. The van der Waals surface area contributed by atoms with Gasteiger partial charge in [-0.15, -0.1) is 0 Å². The van der Waals surface area contributed by atoms with Crippen LogP contribution < -0.4 is 22.1 Å². The summed E-state index contributed by atoms with van der Waals surface area (Å²) in [6.45, 7) is 2.17. The van der Waals surface area contributed by atoms with E-state index in [-0.39, 0.29) is 30.1 Å². The molecule has 1 aliphatic heterocycles. The average Bonchev–Trinajstić information content (AvgIpc) is 2.99. The summed E-state index contributed by atoms with van der Waals surface area (Å²) in [4.78, 5) is 33.5. The van der Waals surface area contributed by atoms with Crippen LogP contribution in [0.3, 0.4) is 0 Å². The zero-order chi connectivity index (χ0) is 29.0. The molecule has 1 heterocycles. The van der Waals surface area contributed by atoms with Gasteiger partial charge >= 0.3 is 0 Å². The minimum Gasteiger partial charge on any atom is -0.508 e. The van der Waals surface area contributed by atoms with Gasteiger partial charge in [0.1, 0.15) is 17.8 Å². The van der Waals surface area contributed by atoms with Crippen LogP contribution in [0, 0.1) is 0 Å². The number of nitrogens with one attached hydrogen (secondary N) is 2. The lowest BCUT2D eigenvalue weighted by Crippen LogP contribution is -2.51. The van der Waals surface area contributed by atoms with Gasteiger partial charge in [-0.1, -0.05) is 72.8 Å². The first kappa shape index (κ1) is 29.6. The lowest BCUT2D eigenvalue weighted by molar-refractivity contribution is -0.132. The molecule has 1 fully saturated rings. The average molecular weight is 557 g/mol. The van der Waals surface area contributed by atoms with Crippen LogP contribution in [-0.2, 0) is 16.1 Å². The lowest BCUT2D eigenvalue weighted by atomic mass is 9.88. The maximum Gasteiger partial charge on any atom is 0.242 e. The Bertz CT molecular complexity index is 1270. The Balaban J connectivity index is 1.47. The molecule has 41 heavy (non-hydrogen) atoms. The highest BCUT2D eigenvalue weighted by molar-refractivity contribution is 5.90. The van der Waals surface area contributed by atoms with Gasteiger partial charge in [0.15, 0.2) is 5.96 Å². The summed E-state index contributed by atoms with van der Waals surface area (Å²) < 4.78 is 0. The van der Waals surface area contributed by atoms with E-state index in [0.717, 1.165) is 37.1 Å². The van der Waals surface area contributed by atoms with E-state index >= 15 is 0 Å². The second-order valence-corrected chi connectivity index (χ2v) is 10.4. The number of nitrogens with zero attached hydrogens (tertiary/aromatic N) is 2. The maximum absolute atomic E-state index is 13.9. The highest BCUT2D eigenvalue weighted by atomic mass is 16.3. The van der Waals surface area contributed by atoms with Gasteiger partial charge in [0.2, 0.25) is 11.8 Å². The number of hydrogen-bond acceptors (Lipinski definition) is 5. The Labute approximate surface area is 241 Å².